The molecule has 0 fully saturated rings. The Morgan fingerprint density at radius 1 is 1.32 bits per heavy atom. The fraction of sp³-hybridized carbons (Fsp3) is 0.438. The van der Waals surface area contributed by atoms with E-state index in [9.17, 15) is 9.59 Å². The van der Waals surface area contributed by atoms with Crippen LogP contribution in [0, 0.1) is 0 Å². The Morgan fingerprint density at radius 3 is 2.45 bits per heavy atom. The van der Waals surface area contributed by atoms with E-state index in [1.807, 2.05) is 13.8 Å². The van der Waals surface area contributed by atoms with Gasteiger partial charge in [0.1, 0.15) is 6.21 Å². The molecule has 120 valence electrons. The average Bonchev–Trinajstić information content (AvgIpc) is 2.48. The lowest BCUT2D eigenvalue weighted by Gasteiger charge is -2.27. The molecule has 1 amide bonds. The Labute approximate surface area is 130 Å². The van der Waals surface area contributed by atoms with Crippen molar-refractivity contribution in [2.75, 3.05) is 11.9 Å². The van der Waals surface area contributed by atoms with Crippen LogP contribution in [-0.4, -0.2) is 29.9 Å². The van der Waals surface area contributed by atoms with Crippen LogP contribution >= 0.6 is 0 Å². The fourth-order valence-electron chi connectivity index (χ4n) is 2.30. The normalized spacial score (nSPS) is 13.6. The highest BCUT2D eigenvalue weighted by atomic mass is 16.5. The number of anilines is 1. The number of hydrogen-bond donors (Lipinski definition) is 2. The summed E-state index contributed by atoms with van der Waals surface area (Å²) >= 11 is 0. The summed E-state index contributed by atoms with van der Waals surface area (Å²) in [6.07, 6.45) is 2.29. The molecule has 0 radical (unpaired) electrons. The number of amides is 1. The summed E-state index contributed by atoms with van der Waals surface area (Å²) in [5.74, 6) is -0.780. The lowest BCUT2D eigenvalue weighted by atomic mass is 9.78. The summed E-state index contributed by atoms with van der Waals surface area (Å²) in [6.45, 7) is 6.00. The van der Waals surface area contributed by atoms with Gasteiger partial charge >= 0.3 is 5.97 Å². The number of nitrogens with zero attached hydrogens (tertiary/aromatic N) is 1. The molecule has 0 aromatic heterocycles. The summed E-state index contributed by atoms with van der Waals surface area (Å²) in [6, 6.07) is 6.98. The Kier molecular flexibility index (Phi) is 6.56. The molecule has 6 heteroatoms. The largest absolute Gasteiger partial charge is 0.465 e. The number of ether oxygens (including phenoxy) is 1. The fourth-order valence-corrected chi connectivity index (χ4v) is 2.30. The highest BCUT2D eigenvalue weighted by molar-refractivity contribution is 6.31. The maximum atomic E-state index is 12.3. The predicted octanol–water partition coefficient (Wildman–Crippen LogP) is 2.71. The van der Waals surface area contributed by atoms with Crippen molar-refractivity contribution < 1.29 is 19.5 Å². The molecule has 0 aliphatic carbocycles. The minimum atomic E-state index is -0.708. The van der Waals surface area contributed by atoms with Crippen molar-refractivity contribution in [2.45, 2.75) is 39.0 Å². The molecule has 1 rings (SSSR count). The molecule has 0 aliphatic heterocycles. The number of benzene rings is 1. The topological polar surface area (TPSA) is 88.0 Å². The summed E-state index contributed by atoms with van der Waals surface area (Å²) in [7, 11) is 0. The minimum Gasteiger partial charge on any atom is -0.465 e. The third-order valence-corrected chi connectivity index (χ3v) is 3.44. The Hall–Kier alpha value is -2.37. The van der Waals surface area contributed by atoms with E-state index >= 15 is 0 Å². The number of nitrogens with one attached hydrogen (secondary N) is 1. The van der Waals surface area contributed by atoms with Crippen LogP contribution in [0.3, 0.4) is 0 Å². The maximum Gasteiger partial charge on any atom is 0.316 e. The van der Waals surface area contributed by atoms with Gasteiger partial charge in [0.05, 0.1) is 12.0 Å². The van der Waals surface area contributed by atoms with Crippen molar-refractivity contribution in [1.29, 1.82) is 0 Å². The van der Waals surface area contributed by atoms with Crippen LogP contribution in [0.15, 0.2) is 29.4 Å². The molecule has 6 nitrogen and oxygen atoms in total. The van der Waals surface area contributed by atoms with E-state index < -0.39 is 11.3 Å². The zero-order valence-corrected chi connectivity index (χ0v) is 13.1. The number of hydrogen-bond acceptors (Lipinski definition) is 5. The quantitative estimate of drug-likeness (QED) is 0.351. The van der Waals surface area contributed by atoms with Crippen LogP contribution in [-0.2, 0) is 19.7 Å². The van der Waals surface area contributed by atoms with Gasteiger partial charge in [0.15, 0.2) is 0 Å². The number of esters is 1. The molecule has 0 saturated heterocycles. The van der Waals surface area contributed by atoms with Crippen molar-refractivity contribution >= 4 is 23.8 Å². The van der Waals surface area contributed by atoms with Crippen LogP contribution < -0.4 is 5.32 Å². The van der Waals surface area contributed by atoms with Gasteiger partial charge in [-0.05, 0) is 38.0 Å². The molecule has 2 N–H and O–H groups in total. The van der Waals surface area contributed by atoms with Crippen molar-refractivity contribution in [3.8, 4) is 0 Å². The molecule has 1 unspecified atom stereocenters. The van der Waals surface area contributed by atoms with E-state index in [1.165, 1.54) is 0 Å². The van der Waals surface area contributed by atoms with E-state index in [0.717, 1.165) is 18.2 Å². The molecule has 22 heavy (non-hydrogen) atoms. The van der Waals surface area contributed by atoms with Crippen LogP contribution in [0.2, 0.25) is 0 Å². The molecule has 0 aliphatic rings. The van der Waals surface area contributed by atoms with E-state index in [1.54, 1.807) is 31.2 Å². The Balaban J connectivity index is 2.98. The smallest absolute Gasteiger partial charge is 0.316 e. The van der Waals surface area contributed by atoms with Gasteiger partial charge in [0.2, 0.25) is 0 Å². The van der Waals surface area contributed by atoms with Crippen LogP contribution in [0.4, 0.5) is 5.69 Å². The van der Waals surface area contributed by atoms with Gasteiger partial charge in [-0.25, -0.2) is 0 Å². The van der Waals surface area contributed by atoms with Gasteiger partial charge in [-0.1, -0.05) is 30.6 Å². The second-order valence-electron chi connectivity index (χ2n) is 5.11. The lowest BCUT2D eigenvalue weighted by Crippen LogP contribution is -2.34. The minimum absolute atomic E-state index is 0.249. The van der Waals surface area contributed by atoms with Gasteiger partial charge in [0.25, 0.3) is 5.91 Å². The lowest BCUT2D eigenvalue weighted by molar-refractivity contribution is -0.149. The van der Waals surface area contributed by atoms with Gasteiger partial charge < -0.3 is 15.3 Å². The van der Waals surface area contributed by atoms with Crippen LogP contribution in [0.5, 0.6) is 0 Å². The van der Waals surface area contributed by atoms with E-state index in [4.69, 9.17) is 9.94 Å². The molecule has 0 bridgehead atoms. The van der Waals surface area contributed by atoms with E-state index in [0.29, 0.717) is 18.7 Å². The summed E-state index contributed by atoms with van der Waals surface area (Å²) < 4.78 is 5.19. The third-order valence-electron chi connectivity index (χ3n) is 3.44. The SMILES string of the molecule is CCCC(C)(C(=O)OCC)c1ccc(NC(=O)/C=N\O)cc1. The first-order valence-corrected chi connectivity index (χ1v) is 7.24. The van der Waals surface area contributed by atoms with Crippen molar-refractivity contribution in [2.24, 2.45) is 5.16 Å². The van der Waals surface area contributed by atoms with Crippen LogP contribution in [0.25, 0.3) is 0 Å². The van der Waals surface area contributed by atoms with Crippen molar-refractivity contribution in [3.63, 3.8) is 0 Å². The predicted molar refractivity (Wildman–Crippen MR) is 84.2 cm³/mol. The summed E-state index contributed by atoms with van der Waals surface area (Å²) in [5.41, 5.74) is 0.679. The molecular weight excluding hydrogens is 284 g/mol. The van der Waals surface area contributed by atoms with Crippen molar-refractivity contribution in [1.82, 2.24) is 0 Å². The van der Waals surface area contributed by atoms with Crippen LogP contribution in [0.1, 0.15) is 39.2 Å². The average molecular weight is 306 g/mol. The Morgan fingerprint density at radius 2 is 1.95 bits per heavy atom. The monoisotopic (exact) mass is 306 g/mol. The van der Waals surface area contributed by atoms with Gasteiger partial charge in [0, 0.05) is 5.69 Å². The molecule has 0 saturated carbocycles. The number of carbonyl (C=O) groups is 2. The second-order valence-corrected chi connectivity index (χ2v) is 5.11. The molecule has 0 heterocycles. The summed E-state index contributed by atoms with van der Waals surface area (Å²) in [5, 5.41) is 13.5. The zero-order valence-electron chi connectivity index (χ0n) is 13.1. The first kappa shape index (κ1) is 17.7. The maximum absolute atomic E-state index is 12.3. The number of rotatable bonds is 7. The van der Waals surface area contributed by atoms with E-state index in [-0.39, 0.29) is 5.97 Å². The first-order chi connectivity index (χ1) is 10.5. The number of carbonyl (C=O) groups excluding carboxylic acids is 2. The standard InChI is InChI=1S/C16H22N2O4/c1-4-10-16(3,15(20)22-5-2)12-6-8-13(9-7-12)18-14(19)11-17-21/h6-9,11,21H,4-5,10H2,1-3H3,(H,18,19)/b17-11-. The molecule has 1 atom stereocenters. The summed E-state index contributed by atoms with van der Waals surface area (Å²) in [4.78, 5) is 23.6. The van der Waals surface area contributed by atoms with Gasteiger partial charge in [-0.2, -0.15) is 0 Å². The van der Waals surface area contributed by atoms with E-state index in [2.05, 4.69) is 10.5 Å². The van der Waals surface area contributed by atoms with Gasteiger partial charge in [-0.3, -0.25) is 9.59 Å². The second kappa shape index (κ2) is 8.17. The highest BCUT2D eigenvalue weighted by Crippen LogP contribution is 2.31. The highest BCUT2D eigenvalue weighted by Gasteiger charge is 2.35. The van der Waals surface area contributed by atoms with Crippen molar-refractivity contribution in [3.05, 3.63) is 29.8 Å². The first-order valence-electron chi connectivity index (χ1n) is 7.24. The molecule has 1 aromatic carbocycles. The van der Waals surface area contributed by atoms with Gasteiger partial charge in [-0.15, -0.1) is 0 Å². The molecule has 1 aromatic rings. The third kappa shape index (κ3) is 4.31. The molecule has 0 spiro atoms. The Bertz CT molecular complexity index is 540. The zero-order chi connectivity index (χ0) is 16.6. The number of oxime groups is 1. The molecular formula is C16H22N2O4.